The summed E-state index contributed by atoms with van der Waals surface area (Å²) in [6.45, 7) is 4.08. The molecule has 2 rings (SSSR count). The highest BCUT2D eigenvalue weighted by atomic mass is 35.5. The van der Waals surface area contributed by atoms with Crippen molar-refractivity contribution in [1.29, 1.82) is 0 Å². The van der Waals surface area contributed by atoms with Gasteiger partial charge in [0.05, 0.1) is 0 Å². The first kappa shape index (κ1) is 16.0. The lowest BCUT2D eigenvalue weighted by atomic mass is 10.1. The van der Waals surface area contributed by atoms with Crippen LogP contribution in [-0.4, -0.2) is 25.0 Å². The summed E-state index contributed by atoms with van der Waals surface area (Å²) in [7, 11) is 0. The molecule has 19 heavy (non-hydrogen) atoms. The fourth-order valence-corrected chi connectivity index (χ4v) is 2.28. The minimum atomic E-state index is 0. The molecule has 1 amide bonds. The molecule has 0 bridgehead atoms. The van der Waals surface area contributed by atoms with Crippen molar-refractivity contribution in [3.63, 3.8) is 0 Å². The Hall–Kier alpha value is -1.06. The van der Waals surface area contributed by atoms with Crippen LogP contribution in [0.3, 0.4) is 0 Å². The van der Waals surface area contributed by atoms with Gasteiger partial charge in [-0.05, 0) is 36.9 Å². The molecule has 0 aliphatic carbocycles. The van der Waals surface area contributed by atoms with Crippen LogP contribution < -0.4 is 10.6 Å². The Labute approximate surface area is 121 Å². The highest BCUT2D eigenvalue weighted by molar-refractivity contribution is 5.85. The van der Waals surface area contributed by atoms with Crippen molar-refractivity contribution < 1.29 is 4.79 Å². The predicted molar refractivity (Wildman–Crippen MR) is 80.8 cm³/mol. The van der Waals surface area contributed by atoms with Gasteiger partial charge in [0.15, 0.2) is 0 Å². The van der Waals surface area contributed by atoms with Crippen molar-refractivity contribution in [1.82, 2.24) is 10.6 Å². The van der Waals surface area contributed by atoms with E-state index in [0.29, 0.717) is 12.5 Å². The van der Waals surface area contributed by atoms with Crippen molar-refractivity contribution in [2.24, 2.45) is 0 Å². The zero-order chi connectivity index (χ0) is 12.8. The number of nitrogens with one attached hydrogen (secondary N) is 2. The van der Waals surface area contributed by atoms with E-state index < -0.39 is 0 Å². The van der Waals surface area contributed by atoms with Gasteiger partial charge in [0.2, 0.25) is 5.91 Å². The lowest BCUT2D eigenvalue weighted by Gasteiger charge is -2.11. The molecule has 3 nitrogen and oxygen atoms in total. The van der Waals surface area contributed by atoms with E-state index in [9.17, 15) is 4.79 Å². The Balaban J connectivity index is 0.00000180. The molecule has 1 aliphatic heterocycles. The molecule has 0 radical (unpaired) electrons. The van der Waals surface area contributed by atoms with Gasteiger partial charge >= 0.3 is 0 Å². The molecule has 1 fully saturated rings. The average Bonchev–Trinajstić information content (AvgIpc) is 2.90. The second kappa shape index (κ2) is 8.18. The molecule has 1 aromatic carbocycles. The van der Waals surface area contributed by atoms with Gasteiger partial charge in [-0.15, -0.1) is 12.4 Å². The van der Waals surface area contributed by atoms with E-state index in [1.54, 1.807) is 0 Å². The summed E-state index contributed by atoms with van der Waals surface area (Å²) in [5.74, 6) is 0.170. The molecule has 106 valence electrons. The van der Waals surface area contributed by atoms with E-state index in [4.69, 9.17) is 0 Å². The topological polar surface area (TPSA) is 41.1 Å². The van der Waals surface area contributed by atoms with Gasteiger partial charge in [0, 0.05) is 19.0 Å². The van der Waals surface area contributed by atoms with E-state index in [-0.39, 0.29) is 18.3 Å². The third-order valence-corrected chi connectivity index (χ3v) is 3.50. The quantitative estimate of drug-likeness (QED) is 0.868. The van der Waals surface area contributed by atoms with E-state index in [2.05, 4.69) is 41.8 Å². The van der Waals surface area contributed by atoms with Crippen LogP contribution in [-0.2, 0) is 17.6 Å². The molecule has 1 atom stereocenters. The van der Waals surface area contributed by atoms with Crippen molar-refractivity contribution in [3.05, 3.63) is 35.4 Å². The summed E-state index contributed by atoms with van der Waals surface area (Å²) >= 11 is 0. The van der Waals surface area contributed by atoms with Crippen molar-refractivity contribution in [2.45, 2.75) is 38.6 Å². The lowest BCUT2D eigenvalue weighted by molar-refractivity contribution is -0.121. The Morgan fingerprint density at radius 1 is 1.32 bits per heavy atom. The Morgan fingerprint density at radius 3 is 2.58 bits per heavy atom. The van der Waals surface area contributed by atoms with Crippen LogP contribution in [0.25, 0.3) is 0 Å². The lowest BCUT2D eigenvalue weighted by Crippen LogP contribution is -2.36. The first-order valence-electron chi connectivity index (χ1n) is 6.86. The molecular formula is C15H23ClN2O. The maximum Gasteiger partial charge on any atom is 0.220 e. The van der Waals surface area contributed by atoms with Crippen LogP contribution in [0.4, 0.5) is 0 Å². The first-order valence-corrected chi connectivity index (χ1v) is 6.86. The van der Waals surface area contributed by atoms with Crippen molar-refractivity contribution in [2.75, 3.05) is 13.1 Å². The van der Waals surface area contributed by atoms with Gasteiger partial charge in [-0.2, -0.15) is 0 Å². The van der Waals surface area contributed by atoms with Gasteiger partial charge in [-0.25, -0.2) is 0 Å². The highest BCUT2D eigenvalue weighted by Crippen LogP contribution is 2.07. The predicted octanol–water partition coefficient (Wildman–Crippen LogP) is 2.08. The third kappa shape index (κ3) is 5.21. The van der Waals surface area contributed by atoms with Gasteiger partial charge < -0.3 is 10.6 Å². The first-order chi connectivity index (χ1) is 8.78. The largest absolute Gasteiger partial charge is 0.352 e. The molecule has 1 heterocycles. The summed E-state index contributed by atoms with van der Waals surface area (Å²) < 4.78 is 0. The Kier molecular flexibility index (Phi) is 6.89. The molecule has 2 N–H and O–H groups in total. The summed E-state index contributed by atoms with van der Waals surface area (Å²) in [5.41, 5.74) is 2.59. The summed E-state index contributed by atoms with van der Waals surface area (Å²) in [4.78, 5) is 11.8. The highest BCUT2D eigenvalue weighted by Gasteiger charge is 2.16. The number of rotatable bonds is 5. The molecular weight excluding hydrogens is 260 g/mol. The number of benzene rings is 1. The minimum Gasteiger partial charge on any atom is -0.352 e. The maximum absolute atomic E-state index is 11.8. The fourth-order valence-electron chi connectivity index (χ4n) is 2.28. The van der Waals surface area contributed by atoms with Crippen LogP contribution >= 0.6 is 12.4 Å². The van der Waals surface area contributed by atoms with Crippen LogP contribution in [0.1, 0.15) is 30.9 Å². The van der Waals surface area contributed by atoms with Crippen LogP contribution in [0.5, 0.6) is 0 Å². The molecule has 0 aromatic heterocycles. The Morgan fingerprint density at radius 2 is 2.00 bits per heavy atom. The molecule has 0 saturated carbocycles. The van der Waals surface area contributed by atoms with E-state index in [1.807, 2.05) is 0 Å². The van der Waals surface area contributed by atoms with Gasteiger partial charge in [-0.1, -0.05) is 31.2 Å². The maximum atomic E-state index is 11.8. The smallest absolute Gasteiger partial charge is 0.220 e. The minimum absolute atomic E-state index is 0. The number of halogens is 1. The number of carbonyl (C=O) groups is 1. The molecule has 1 aliphatic rings. The zero-order valence-electron chi connectivity index (χ0n) is 11.4. The van der Waals surface area contributed by atoms with E-state index in [0.717, 1.165) is 32.4 Å². The second-order valence-corrected chi connectivity index (χ2v) is 4.93. The van der Waals surface area contributed by atoms with E-state index >= 15 is 0 Å². The second-order valence-electron chi connectivity index (χ2n) is 4.93. The Bertz CT molecular complexity index is 386. The standard InChI is InChI=1S/C15H22N2O.ClH/c1-2-12-3-5-13(6-4-12)7-8-15(18)17-14-9-10-16-11-14;/h3-6,14,16H,2,7-11H2,1H3,(H,17,18);1H. The fraction of sp³-hybridized carbons (Fsp3) is 0.533. The van der Waals surface area contributed by atoms with Gasteiger partial charge in [0.25, 0.3) is 0 Å². The third-order valence-electron chi connectivity index (χ3n) is 3.50. The molecule has 0 spiro atoms. The average molecular weight is 283 g/mol. The number of amides is 1. The molecule has 4 heteroatoms. The monoisotopic (exact) mass is 282 g/mol. The molecule has 1 aromatic rings. The molecule has 1 unspecified atom stereocenters. The van der Waals surface area contributed by atoms with Crippen molar-refractivity contribution >= 4 is 18.3 Å². The van der Waals surface area contributed by atoms with Gasteiger partial charge in [-0.3, -0.25) is 4.79 Å². The van der Waals surface area contributed by atoms with Crippen LogP contribution in [0, 0.1) is 0 Å². The SMILES string of the molecule is CCc1ccc(CCC(=O)NC2CCNC2)cc1.Cl. The normalized spacial score (nSPS) is 17.8. The summed E-state index contributed by atoms with van der Waals surface area (Å²) in [6, 6.07) is 8.88. The number of hydrogen-bond donors (Lipinski definition) is 2. The van der Waals surface area contributed by atoms with Crippen molar-refractivity contribution in [3.8, 4) is 0 Å². The molecule has 1 saturated heterocycles. The summed E-state index contributed by atoms with van der Waals surface area (Å²) in [6.07, 6.45) is 3.53. The number of carbonyl (C=O) groups excluding carboxylic acids is 1. The number of hydrogen-bond acceptors (Lipinski definition) is 2. The zero-order valence-corrected chi connectivity index (χ0v) is 12.3. The van der Waals surface area contributed by atoms with Crippen LogP contribution in [0.15, 0.2) is 24.3 Å². The van der Waals surface area contributed by atoms with Crippen LogP contribution in [0.2, 0.25) is 0 Å². The van der Waals surface area contributed by atoms with E-state index in [1.165, 1.54) is 11.1 Å². The number of aryl methyl sites for hydroxylation is 2. The van der Waals surface area contributed by atoms with Gasteiger partial charge in [0.1, 0.15) is 0 Å². The summed E-state index contributed by atoms with van der Waals surface area (Å²) in [5, 5.41) is 6.32.